The summed E-state index contributed by atoms with van der Waals surface area (Å²) >= 11 is 0. The van der Waals surface area contributed by atoms with E-state index in [0.29, 0.717) is 0 Å². The Hall–Kier alpha value is 1.40. The number of rotatable bonds is 16. The van der Waals surface area contributed by atoms with Gasteiger partial charge in [-0.25, -0.2) is 0 Å². The SMILES string of the molecule is CCOC[SiH2]CCCSSSCCC[SiH2]COCC. The van der Waals surface area contributed by atoms with E-state index in [4.69, 9.17) is 9.47 Å². The standard InChI is InChI=1S/C12H30O2S3Si2/c1-3-13-11-18-9-5-7-15-17-16-8-6-10-19-12-14-4-2/h3-12,18-19H2,1-2H3. The van der Waals surface area contributed by atoms with Gasteiger partial charge < -0.3 is 9.47 Å². The van der Waals surface area contributed by atoms with E-state index in [1.807, 2.05) is 31.4 Å². The Morgan fingerprint density at radius 3 is 1.68 bits per heavy atom. The molecule has 0 radical (unpaired) electrons. The average molecular weight is 359 g/mol. The molecule has 0 heterocycles. The highest BCUT2D eigenvalue weighted by Crippen LogP contribution is 2.35. The van der Waals surface area contributed by atoms with Gasteiger partial charge in [0.2, 0.25) is 0 Å². The lowest BCUT2D eigenvalue weighted by Crippen LogP contribution is -2.03. The van der Waals surface area contributed by atoms with Crippen molar-refractivity contribution in [1.82, 2.24) is 0 Å². The molecular weight excluding hydrogens is 329 g/mol. The van der Waals surface area contributed by atoms with Gasteiger partial charge >= 0.3 is 0 Å². The fraction of sp³-hybridized carbons (Fsp3) is 1.00. The maximum Gasteiger partial charge on any atom is 0.0516 e. The van der Waals surface area contributed by atoms with Crippen molar-refractivity contribution in [3.63, 3.8) is 0 Å². The predicted octanol–water partition coefficient (Wildman–Crippen LogP) is 2.96. The zero-order valence-corrected chi connectivity index (χ0v) is 17.8. The zero-order chi connectivity index (χ0) is 14.0. The van der Waals surface area contributed by atoms with E-state index in [1.165, 1.54) is 36.4 Å². The van der Waals surface area contributed by atoms with Crippen molar-refractivity contribution in [1.29, 1.82) is 0 Å². The maximum absolute atomic E-state index is 5.38. The molecule has 0 atom stereocenters. The van der Waals surface area contributed by atoms with Crippen LogP contribution in [0.5, 0.6) is 0 Å². The third-order valence-electron chi connectivity index (χ3n) is 2.54. The summed E-state index contributed by atoms with van der Waals surface area (Å²) in [6.07, 6.45) is 4.93. The van der Waals surface area contributed by atoms with Crippen LogP contribution in [0.2, 0.25) is 12.1 Å². The molecule has 0 saturated heterocycles. The normalized spacial score (nSPS) is 12.3. The molecule has 0 aromatic heterocycles. The summed E-state index contributed by atoms with van der Waals surface area (Å²) < 4.78 is 10.8. The Kier molecular flexibility index (Phi) is 20.8. The average Bonchev–Trinajstić information content (AvgIpc) is 2.43. The van der Waals surface area contributed by atoms with Gasteiger partial charge in [0.05, 0.1) is 19.0 Å². The van der Waals surface area contributed by atoms with Crippen LogP contribution in [0.25, 0.3) is 0 Å². The van der Waals surface area contributed by atoms with Crippen molar-refractivity contribution in [2.45, 2.75) is 38.8 Å². The maximum atomic E-state index is 5.38. The van der Waals surface area contributed by atoms with Crippen molar-refractivity contribution in [3.8, 4) is 0 Å². The molecule has 0 saturated carbocycles. The summed E-state index contributed by atoms with van der Waals surface area (Å²) in [4.78, 5) is 0. The van der Waals surface area contributed by atoms with Gasteiger partial charge in [-0.2, -0.15) is 0 Å². The molecule has 0 aliphatic heterocycles. The predicted molar refractivity (Wildman–Crippen MR) is 101 cm³/mol. The lowest BCUT2D eigenvalue weighted by molar-refractivity contribution is 0.192. The highest BCUT2D eigenvalue weighted by molar-refractivity contribution is 9.09. The second kappa shape index (κ2) is 19.4. The molecule has 0 aromatic carbocycles. The second-order valence-electron chi connectivity index (χ2n) is 4.23. The van der Waals surface area contributed by atoms with Crippen molar-refractivity contribution < 1.29 is 9.47 Å². The highest BCUT2D eigenvalue weighted by Gasteiger charge is 1.95. The summed E-state index contributed by atoms with van der Waals surface area (Å²) in [6, 6.07) is 2.89. The lowest BCUT2D eigenvalue weighted by Gasteiger charge is -2.02. The molecule has 19 heavy (non-hydrogen) atoms. The van der Waals surface area contributed by atoms with Gasteiger partial charge in [0.25, 0.3) is 0 Å². The number of hydrogen-bond acceptors (Lipinski definition) is 5. The Labute approximate surface area is 135 Å². The molecule has 0 unspecified atom stereocenters. The van der Waals surface area contributed by atoms with Crippen LogP contribution in [0.15, 0.2) is 0 Å². The lowest BCUT2D eigenvalue weighted by atomic mass is 10.6. The highest BCUT2D eigenvalue weighted by atomic mass is 33.5. The van der Waals surface area contributed by atoms with Gasteiger partial charge in [-0.05, 0) is 36.5 Å². The molecule has 2 nitrogen and oxygen atoms in total. The molecule has 116 valence electrons. The van der Waals surface area contributed by atoms with Crippen LogP contribution in [-0.2, 0) is 9.47 Å². The third-order valence-corrected chi connectivity index (χ3v) is 10.1. The van der Waals surface area contributed by atoms with E-state index in [-0.39, 0.29) is 19.0 Å². The van der Waals surface area contributed by atoms with Crippen molar-refractivity contribution in [3.05, 3.63) is 0 Å². The molecule has 0 aromatic rings. The third kappa shape index (κ3) is 19.4. The fourth-order valence-corrected chi connectivity index (χ4v) is 8.80. The molecular formula is C12H30O2S3Si2. The Morgan fingerprint density at radius 1 is 0.789 bits per heavy atom. The minimum Gasteiger partial charge on any atom is -0.386 e. The molecule has 0 rings (SSSR count). The summed E-state index contributed by atoms with van der Waals surface area (Å²) in [7, 11) is 6.23. The molecule has 0 spiro atoms. The first-order valence-corrected chi connectivity index (χ1v) is 15.3. The Bertz CT molecular complexity index is 152. The summed E-state index contributed by atoms with van der Waals surface area (Å²) in [5.74, 6) is 2.63. The Balaban J connectivity index is 2.88. The van der Waals surface area contributed by atoms with Gasteiger partial charge in [0, 0.05) is 37.2 Å². The van der Waals surface area contributed by atoms with Crippen LogP contribution in [-0.4, -0.2) is 56.2 Å². The first-order valence-electron chi connectivity index (χ1n) is 7.48. The molecule has 0 N–H and O–H groups in total. The minimum absolute atomic E-state index is 0.0833. The van der Waals surface area contributed by atoms with E-state index in [9.17, 15) is 0 Å². The molecule has 0 aliphatic rings. The molecule has 0 fully saturated rings. The van der Waals surface area contributed by atoms with E-state index in [2.05, 4.69) is 13.8 Å². The minimum atomic E-state index is 0.0833. The molecule has 7 heteroatoms. The zero-order valence-electron chi connectivity index (χ0n) is 12.5. The summed E-state index contributed by atoms with van der Waals surface area (Å²) in [5, 5.41) is 0. The monoisotopic (exact) mass is 358 g/mol. The quantitative estimate of drug-likeness (QED) is 0.239. The van der Waals surface area contributed by atoms with Gasteiger partial charge in [0.1, 0.15) is 0 Å². The van der Waals surface area contributed by atoms with E-state index < -0.39 is 0 Å². The van der Waals surface area contributed by atoms with E-state index in [1.54, 1.807) is 0 Å². The largest absolute Gasteiger partial charge is 0.386 e. The first-order chi connectivity index (χ1) is 9.41. The molecule has 0 bridgehead atoms. The van der Waals surface area contributed by atoms with Gasteiger partial charge in [-0.3, -0.25) is 0 Å². The van der Waals surface area contributed by atoms with Crippen molar-refractivity contribution >= 4 is 50.5 Å². The number of ether oxygens (including phenoxy) is 2. The summed E-state index contributed by atoms with van der Waals surface area (Å²) in [5.41, 5.74) is 0. The van der Waals surface area contributed by atoms with Crippen LogP contribution >= 0.6 is 31.4 Å². The van der Waals surface area contributed by atoms with Crippen LogP contribution in [0.4, 0.5) is 0 Å². The smallest absolute Gasteiger partial charge is 0.0516 e. The summed E-state index contributed by atoms with van der Waals surface area (Å²) in [6.45, 7) is 5.94. The Morgan fingerprint density at radius 2 is 1.26 bits per heavy atom. The number of hydrogen-bond donors (Lipinski definition) is 0. The molecule has 0 aliphatic carbocycles. The molecule has 0 amide bonds. The van der Waals surface area contributed by atoms with Crippen LogP contribution in [0.1, 0.15) is 26.7 Å². The van der Waals surface area contributed by atoms with Gasteiger partial charge in [-0.15, -0.1) is 0 Å². The van der Waals surface area contributed by atoms with Crippen LogP contribution < -0.4 is 0 Å². The van der Waals surface area contributed by atoms with Crippen molar-refractivity contribution in [2.75, 3.05) is 37.2 Å². The van der Waals surface area contributed by atoms with Crippen LogP contribution in [0.3, 0.4) is 0 Å². The van der Waals surface area contributed by atoms with E-state index >= 15 is 0 Å². The van der Waals surface area contributed by atoms with Crippen LogP contribution in [0, 0.1) is 0 Å². The van der Waals surface area contributed by atoms with Gasteiger partial charge in [0.15, 0.2) is 0 Å². The first kappa shape index (κ1) is 20.4. The van der Waals surface area contributed by atoms with E-state index in [0.717, 1.165) is 25.7 Å². The van der Waals surface area contributed by atoms with Gasteiger partial charge in [-0.1, -0.05) is 33.7 Å². The fourth-order valence-electron chi connectivity index (χ4n) is 1.47. The van der Waals surface area contributed by atoms with Crippen molar-refractivity contribution in [2.24, 2.45) is 0 Å². The second-order valence-corrected chi connectivity index (χ2v) is 12.3. The topological polar surface area (TPSA) is 18.5 Å².